The Morgan fingerprint density at radius 3 is 2.28 bits per heavy atom. The van der Waals surface area contributed by atoms with E-state index >= 15 is 0 Å². The van der Waals surface area contributed by atoms with Crippen LogP contribution in [0.25, 0.3) is 0 Å². The first-order valence-corrected chi connectivity index (χ1v) is 5.42. The number of hydrogen-bond donors (Lipinski definition) is 1. The van der Waals surface area contributed by atoms with E-state index in [0.29, 0.717) is 23.9 Å². The van der Waals surface area contributed by atoms with Gasteiger partial charge in [-0.1, -0.05) is 0 Å². The SMILES string of the molecule is COc1ncnc(OC)c1CNCC(=O)N(C)C. The van der Waals surface area contributed by atoms with Crippen molar-refractivity contribution >= 4 is 5.91 Å². The lowest BCUT2D eigenvalue weighted by Crippen LogP contribution is -2.32. The number of carbonyl (C=O) groups is 1. The fourth-order valence-corrected chi connectivity index (χ4v) is 1.34. The maximum absolute atomic E-state index is 11.4. The first-order chi connectivity index (χ1) is 8.60. The van der Waals surface area contributed by atoms with Crippen LogP contribution in [0.1, 0.15) is 5.56 Å². The molecule has 7 nitrogen and oxygen atoms in total. The number of likely N-dealkylation sites (N-methyl/N-ethyl adjacent to an activating group) is 1. The summed E-state index contributed by atoms with van der Waals surface area (Å²) in [6.07, 6.45) is 1.37. The molecule has 0 saturated carbocycles. The molecule has 1 amide bonds. The van der Waals surface area contributed by atoms with E-state index in [2.05, 4.69) is 15.3 Å². The van der Waals surface area contributed by atoms with Crippen molar-refractivity contribution in [2.24, 2.45) is 0 Å². The van der Waals surface area contributed by atoms with Gasteiger partial charge in [0.25, 0.3) is 0 Å². The van der Waals surface area contributed by atoms with Gasteiger partial charge in [0.2, 0.25) is 17.7 Å². The monoisotopic (exact) mass is 254 g/mol. The van der Waals surface area contributed by atoms with Gasteiger partial charge in [0.05, 0.1) is 26.3 Å². The van der Waals surface area contributed by atoms with E-state index in [4.69, 9.17) is 9.47 Å². The Bertz CT molecular complexity index is 387. The summed E-state index contributed by atoms with van der Waals surface area (Å²) < 4.78 is 10.3. The Balaban J connectivity index is 2.68. The molecule has 1 aromatic rings. The van der Waals surface area contributed by atoms with Crippen LogP contribution >= 0.6 is 0 Å². The second-order valence-corrected chi connectivity index (χ2v) is 3.76. The van der Waals surface area contributed by atoms with E-state index < -0.39 is 0 Å². The van der Waals surface area contributed by atoms with E-state index in [-0.39, 0.29) is 12.5 Å². The van der Waals surface area contributed by atoms with Crippen LogP contribution in [0.15, 0.2) is 6.33 Å². The number of methoxy groups -OCH3 is 2. The van der Waals surface area contributed by atoms with Crippen molar-refractivity contribution in [3.8, 4) is 11.8 Å². The maximum atomic E-state index is 11.4. The highest BCUT2D eigenvalue weighted by atomic mass is 16.5. The first kappa shape index (κ1) is 14.2. The third-order valence-corrected chi connectivity index (χ3v) is 2.33. The molecule has 100 valence electrons. The van der Waals surface area contributed by atoms with Crippen molar-refractivity contribution in [1.29, 1.82) is 0 Å². The van der Waals surface area contributed by atoms with Crippen molar-refractivity contribution in [3.63, 3.8) is 0 Å². The van der Waals surface area contributed by atoms with Crippen molar-refractivity contribution < 1.29 is 14.3 Å². The molecule has 1 rings (SSSR count). The fraction of sp³-hybridized carbons (Fsp3) is 0.545. The zero-order valence-corrected chi connectivity index (χ0v) is 11.1. The predicted octanol–water partition coefficient (Wildman–Crippen LogP) is -0.328. The standard InChI is InChI=1S/C11H18N4O3/c1-15(2)9(16)6-12-5-8-10(17-3)13-7-14-11(8)18-4/h7,12H,5-6H2,1-4H3. The molecule has 0 spiro atoms. The third-order valence-electron chi connectivity index (χ3n) is 2.33. The molecule has 0 atom stereocenters. The van der Waals surface area contributed by atoms with E-state index in [1.807, 2.05) is 0 Å². The van der Waals surface area contributed by atoms with Gasteiger partial charge in [-0.2, -0.15) is 0 Å². The average molecular weight is 254 g/mol. The zero-order chi connectivity index (χ0) is 13.5. The molecule has 1 aromatic heterocycles. The smallest absolute Gasteiger partial charge is 0.236 e. The quantitative estimate of drug-likeness (QED) is 0.749. The molecule has 18 heavy (non-hydrogen) atoms. The van der Waals surface area contributed by atoms with Gasteiger partial charge in [0.1, 0.15) is 6.33 Å². The van der Waals surface area contributed by atoms with E-state index in [9.17, 15) is 4.79 Å². The molecule has 0 fully saturated rings. The predicted molar refractivity (Wildman–Crippen MR) is 65.5 cm³/mol. The second-order valence-electron chi connectivity index (χ2n) is 3.76. The molecule has 0 radical (unpaired) electrons. The maximum Gasteiger partial charge on any atom is 0.236 e. The summed E-state index contributed by atoms with van der Waals surface area (Å²) in [5, 5.41) is 3.00. The van der Waals surface area contributed by atoms with Crippen LogP contribution in [0.4, 0.5) is 0 Å². The Kier molecular flexibility index (Phi) is 5.31. The molecule has 0 saturated heterocycles. The number of aromatic nitrogens is 2. The van der Waals surface area contributed by atoms with E-state index in [0.717, 1.165) is 0 Å². The highest BCUT2D eigenvalue weighted by Crippen LogP contribution is 2.22. The third kappa shape index (κ3) is 3.56. The summed E-state index contributed by atoms with van der Waals surface area (Å²) in [7, 11) is 6.46. The van der Waals surface area contributed by atoms with Gasteiger partial charge >= 0.3 is 0 Å². The number of hydrogen-bond acceptors (Lipinski definition) is 6. The van der Waals surface area contributed by atoms with Gasteiger partial charge in [0, 0.05) is 20.6 Å². The van der Waals surface area contributed by atoms with Gasteiger partial charge in [-0.05, 0) is 0 Å². The molecule has 0 aliphatic rings. The second kappa shape index (κ2) is 6.75. The van der Waals surface area contributed by atoms with Crippen molar-refractivity contribution in [2.45, 2.75) is 6.54 Å². The molecule has 1 N–H and O–H groups in total. The van der Waals surface area contributed by atoms with Gasteiger partial charge in [-0.15, -0.1) is 0 Å². The van der Waals surface area contributed by atoms with Crippen LogP contribution < -0.4 is 14.8 Å². The van der Waals surface area contributed by atoms with E-state index in [1.54, 1.807) is 14.1 Å². The van der Waals surface area contributed by atoms with Crippen molar-refractivity contribution in [3.05, 3.63) is 11.9 Å². The summed E-state index contributed by atoms with van der Waals surface area (Å²) in [4.78, 5) is 20.9. The van der Waals surface area contributed by atoms with Crippen LogP contribution in [-0.4, -0.2) is 55.6 Å². The molecule has 0 bridgehead atoms. The average Bonchev–Trinajstić information content (AvgIpc) is 2.38. The largest absolute Gasteiger partial charge is 0.481 e. The minimum atomic E-state index is -0.00946. The first-order valence-electron chi connectivity index (χ1n) is 5.42. The normalized spacial score (nSPS) is 10.0. The summed E-state index contributed by atoms with van der Waals surface area (Å²) in [6.45, 7) is 0.626. The minimum Gasteiger partial charge on any atom is -0.481 e. The van der Waals surface area contributed by atoms with E-state index in [1.165, 1.54) is 25.4 Å². The van der Waals surface area contributed by atoms with Crippen LogP contribution in [0.5, 0.6) is 11.8 Å². The summed E-state index contributed by atoms with van der Waals surface area (Å²) in [6, 6.07) is 0. The lowest BCUT2D eigenvalue weighted by molar-refractivity contribution is -0.127. The Labute approximate surface area is 106 Å². The van der Waals surface area contributed by atoms with Crippen molar-refractivity contribution in [2.75, 3.05) is 34.9 Å². The van der Waals surface area contributed by atoms with Crippen LogP contribution in [0.3, 0.4) is 0 Å². The molecule has 0 aliphatic heterocycles. The van der Waals surface area contributed by atoms with Gasteiger partial charge < -0.3 is 19.7 Å². The molecule has 1 heterocycles. The van der Waals surface area contributed by atoms with Crippen LogP contribution in [-0.2, 0) is 11.3 Å². The molecule has 0 aliphatic carbocycles. The minimum absolute atomic E-state index is 0.00946. The van der Waals surface area contributed by atoms with Crippen LogP contribution in [0.2, 0.25) is 0 Å². The number of carbonyl (C=O) groups excluding carboxylic acids is 1. The molecular weight excluding hydrogens is 236 g/mol. The lowest BCUT2D eigenvalue weighted by atomic mass is 10.3. The fourth-order valence-electron chi connectivity index (χ4n) is 1.34. The number of nitrogens with zero attached hydrogens (tertiary/aromatic N) is 3. The van der Waals surface area contributed by atoms with Crippen molar-refractivity contribution in [1.82, 2.24) is 20.2 Å². The molecule has 0 unspecified atom stereocenters. The van der Waals surface area contributed by atoms with Gasteiger partial charge in [-0.25, -0.2) is 9.97 Å². The van der Waals surface area contributed by atoms with Gasteiger partial charge in [0.15, 0.2) is 0 Å². The van der Waals surface area contributed by atoms with Gasteiger partial charge in [-0.3, -0.25) is 4.79 Å². The zero-order valence-electron chi connectivity index (χ0n) is 11.1. The number of ether oxygens (including phenoxy) is 2. The Morgan fingerprint density at radius 2 is 1.83 bits per heavy atom. The number of amides is 1. The number of rotatable bonds is 6. The number of nitrogens with one attached hydrogen (secondary N) is 1. The molecule has 7 heteroatoms. The summed E-state index contributed by atoms with van der Waals surface area (Å²) in [5.41, 5.74) is 0.689. The molecular formula is C11H18N4O3. The topological polar surface area (TPSA) is 76.6 Å². The van der Waals surface area contributed by atoms with Crippen LogP contribution in [0, 0.1) is 0 Å². The summed E-state index contributed by atoms with van der Waals surface area (Å²) >= 11 is 0. The lowest BCUT2D eigenvalue weighted by Gasteiger charge is -2.13. The Morgan fingerprint density at radius 1 is 1.28 bits per heavy atom. The highest BCUT2D eigenvalue weighted by Gasteiger charge is 2.13. The summed E-state index contributed by atoms with van der Waals surface area (Å²) in [5.74, 6) is 0.864. The molecule has 0 aromatic carbocycles. The Hall–Kier alpha value is -1.89. The highest BCUT2D eigenvalue weighted by molar-refractivity contribution is 5.77.